The molecule has 1 fully saturated rings. The van der Waals surface area contributed by atoms with Crippen molar-refractivity contribution in [2.24, 2.45) is 5.73 Å². The fourth-order valence-corrected chi connectivity index (χ4v) is 5.90. The van der Waals surface area contributed by atoms with Crippen molar-refractivity contribution in [2.75, 3.05) is 24.5 Å². The van der Waals surface area contributed by atoms with Crippen LogP contribution >= 0.6 is 34.8 Å². The molecule has 0 bridgehead atoms. The maximum Gasteiger partial charge on any atom is 0.324 e. The molecule has 32 heavy (non-hydrogen) atoms. The highest BCUT2D eigenvalue weighted by Gasteiger charge is 2.31. The molecule has 1 heterocycles. The number of nitrogens with zero attached hydrogens (tertiary/aromatic N) is 2. The highest BCUT2D eigenvalue weighted by atomic mass is 35.5. The van der Waals surface area contributed by atoms with E-state index in [1.807, 2.05) is 6.92 Å². The van der Waals surface area contributed by atoms with Crippen LogP contribution in [0.25, 0.3) is 0 Å². The van der Waals surface area contributed by atoms with Crippen LogP contribution in [0, 0.1) is 0 Å². The zero-order valence-corrected chi connectivity index (χ0v) is 20.3. The first kappa shape index (κ1) is 24.9. The third-order valence-corrected chi connectivity index (χ3v) is 8.11. The number of urea groups is 1. The highest BCUT2D eigenvalue weighted by molar-refractivity contribution is 7.89. The number of benzene rings is 2. The number of anilines is 2. The normalized spacial score (nSPS) is 16.9. The molecular weight excluding hydrogens is 499 g/mol. The summed E-state index contributed by atoms with van der Waals surface area (Å²) in [5.74, 6) is -0.737. The molecule has 12 heteroatoms. The van der Waals surface area contributed by atoms with Crippen molar-refractivity contribution in [1.82, 2.24) is 9.62 Å². The van der Waals surface area contributed by atoms with E-state index >= 15 is 0 Å². The molecule has 8 nitrogen and oxygen atoms in total. The van der Waals surface area contributed by atoms with Gasteiger partial charge in [0.2, 0.25) is 10.0 Å². The molecule has 0 saturated carbocycles. The molecule has 4 N–H and O–H groups in total. The summed E-state index contributed by atoms with van der Waals surface area (Å²) in [6, 6.07) is 6.07. The van der Waals surface area contributed by atoms with Gasteiger partial charge in [0, 0.05) is 12.6 Å². The fraction of sp³-hybridized carbons (Fsp3) is 0.350. The third kappa shape index (κ3) is 4.93. The van der Waals surface area contributed by atoms with Gasteiger partial charge >= 0.3 is 6.03 Å². The van der Waals surface area contributed by atoms with Crippen LogP contribution in [0.5, 0.6) is 5.75 Å². The van der Waals surface area contributed by atoms with E-state index in [-0.39, 0.29) is 39.0 Å². The number of carbonyl (C=O) groups is 1. The molecule has 3 rings (SSSR count). The minimum Gasteiger partial charge on any atom is -0.504 e. The van der Waals surface area contributed by atoms with Gasteiger partial charge in [-0.1, -0.05) is 47.8 Å². The first-order chi connectivity index (χ1) is 15.1. The molecule has 2 aromatic carbocycles. The number of phenols is 1. The summed E-state index contributed by atoms with van der Waals surface area (Å²) in [4.78, 5) is 14.8. The number of hydrogen-bond acceptors (Lipinski definition) is 5. The number of nitrogens with two attached hydrogens (primary N) is 1. The summed E-state index contributed by atoms with van der Waals surface area (Å²) in [7, 11) is -4.22. The number of aromatic hydroxyl groups is 1. The molecular formula is C20H23Cl3N4O4S. The maximum atomic E-state index is 13.1. The first-order valence-electron chi connectivity index (χ1n) is 9.87. The first-order valence-corrected chi connectivity index (χ1v) is 12.5. The quantitative estimate of drug-likeness (QED) is 0.501. The van der Waals surface area contributed by atoms with E-state index in [9.17, 15) is 18.3 Å². The molecule has 1 atom stereocenters. The SMILES string of the molecule is CCN1CCCC1CNS(=O)(=O)c1c(Cl)ccc(N(C(N)=O)c2cccc(Cl)c2Cl)c1O. The summed E-state index contributed by atoms with van der Waals surface area (Å²) < 4.78 is 28.7. The van der Waals surface area contributed by atoms with Gasteiger partial charge in [0.05, 0.1) is 26.4 Å². The van der Waals surface area contributed by atoms with Crippen LogP contribution in [-0.4, -0.2) is 50.1 Å². The standard InChI is InChI=1S/C20H23Cl3N4O4S/c1-2-26-10-4-5-12(26)11-25-32(30,31)19-14(22)8-9-16(18(19)28)27(20(24)29)15-7-3-6-13(21)17(15)23/h3,6-9,12,25,28H,2,4-5,10-11H2,1H3,(H2,24,29). The monoisotopic (exact) mass is 520 g/mol. The Kier molecular flexibility index (Phi) is 7.80. The fourth-order valence-electron chi connectivity index (χ4n) is 3.83. The minimum atomic E-state index is -4.22. The molecule has 1 saturated heterocycles. The van der Waals surface area contributed by atoms with Gasteiger partial charge in [-0.25, -0.2) is 17.9 Å². The molecule has 0 aromatic heterocycles. The Balaban J connectivity index is 2.02. The molecule has 1 aliphatic rings. The van der Waals surface area contributed by atoms with E-state index in [0.717, 1.165) is 30.8 Å². The Morgan fingerprint density at radius 2 is 1.94 bits per heavy atom. The van der Waals surface area contributed by atoms with E-state index < -0.39 is 26.7 Å². The summed E-state index contributed by atoms with van der Waals surface area (Å²) in [5, 5.41) is 10.8. The predicted molar refractivity (Wildman–Crippen MR) is 127 cm³/mol. The lowest BCUT2D eigenvalue weighted by Crippen LogP contribution is -2.40. The maximum absolute atomic E-state index is 13.1. The number of amides is 2. The van der Waals surface area contributed by atoms with Crippen molar-refractivity contribution in [3.05, 3.63) is 45.4 Å². The molecule has 0 spiro atoms. The number of phenolic OH excluding ortho intramolecular Hbond substituents is 1. The van der Waals surface area contributed by atoms with Crippen molar-refractivity contribution in [3.63, 3.8) is 0 Å². The Hall–Kier alpha value is -1.75. The number of halogens is 3. The van der Waals surface area contributed by atoms with Gasteiger partial charge < -0.3 is 10.8 Å². The van der Waals surface area contributed by atoms with Crippen LogP contribution in [0.3, 0.4) is 0 Å². The van der Waals surface area contributed by atoms with Crippen molar-refractivity contribution >= 4 is 62.2 Å². The number of sulfonamides is 1. The largest absolute Gasteiger partial charge is 0.504 e. The van der Waals surface area contributed by atoms with Gasteiger partial charge in [-0.3, -0.25) is 9.80 Å². The Morgan fingerprint density at radius 3 is 2.59 bits per heavy atom. The topological polar surface area (TPSA) is 116 Å². The summed E-state index contributed by atoms with van der Waals surface area (Å²) in [5.41, 5.74) is 5.40. The Morgan fingerprint density at radius 1 is 1.22 bits per heavy atom. The molecule has 2 aromatic rings. The Bertz CT molecular complexity index is 1130. The molecule has 0 aliphatic carbocycles. The van der Waals surface area contributed by atoms with Crippen LogP contribution in [-0.2, 0) is 10.0 Å². The van der Waals surface area contributed by atoms with Gasteiger partial charge in [0.1, 0.15) is 4.90 Å². The van der Waals surface area contributed by atoms with Gasteiger partial charge in [-0.15, -0.1) is 0 Å². The van der Waals surface area contributed by atoms with Gasteiger partial charge in [-0.2, -0.15) is 0 Å². The summed E-state index contributed by atoms with van der Waals surface area (Å²) in [6.07, 6.45) is 1.84. The van der Waals surface area contributed by atoms with E-state index in [2.05, 4.69) is 9.62 Å². The van der Waals surface area contributed by atoms with Crippen molar-refractivity contribution in [2.45, 2.75) is 30.7 Å². The second-order valence-corrected chi connectivity index (χ2v) is 10.2. The number of likely N-dealkylation sites (tertiary alicyclic amines) is 1. The number of hydrogen-bond donors (Lipinski definition) is 3. The predicted octanol–water partition coefficient (Wildman–Crippen LogP) is 4.33. The van der Waals surface area contributed by atoms with Gasteiger partial charge in [-0.05, 0) is 50.2 Å². The molecule has 1 unspecified atom stereocenters. The second-order valence-electron chi connectivity index (χ2n) is 7.27. The van der Waals surface area contributed by atoms with Crippen LogP contribution in [0.15, 0.2) is 35.2 Å². The summed E-state index contributed by atoms with van der Waals surface area (Å²) >= 11 is 18.4. The van der Waals surface area contributed by atoms with Gasteiger partial charge in [0.25, 0.3) is 0 Å². The van der Waals surface area contributed by atoms with E-state index in [4.69, 9.17) is 40.5 Å². The smallest absolute Gasteiger partial charge is 0.324 e. The Labute approximate surface area is 201 Å². The number of likely N-dealkylation sites (N-methyl/N-ethyl adjacent to an activating group) is 1. The zero-order valence-electron chi connectivity index (χ0n) is 17.2. The average molecular weight is 522 g/mol. The van der Waals surface area contributed by atoms with E-state index in [1.54, 1.807) is 0 Å². The lowest BCUT2D eigenvalue weighted by molar-refractivity contribution is 0.256. The van der Waals surface area contributed by atoms with Crippen LogP contribution in [0.4, 0.5) is 16.2 Å². The van der Waals surface area contributed by atoms with Crippen LogP contribution in [0.2, 0.25) is 15.1 Å². The lowest BCUT2D eigenvalue weighted by Gasteiger charge is -2.25. The van der Waals surface area contributed by atoms with Crippen LogP contribution in [0.1, 0.15) is 19.8 Å². The average Bonchev–Trinajstić information content (AvgIpc) is 3.19. The zero-order chi connectivity index (χ0) is 23.6. The third-order valence-electron chi connectivity index (χ3n) is 5.38. The molecule has 0 radical (unpaired) electrons. The number of primary amides is 1. The minimum absolute atomic E-state index is 0.00531. The molecule has 1 aliphatic heterocycles. The molecule has 2 amide bonds. The highest BCUT2D eigenvalue weighted by Crippen LogP contribution is 2.44. The van der Waals surface area contributed by atoms with E-state index in [1.165, 1.54) is 30.3 Å². The number of nitrogens with one attached hydrogen (secondary N) is 1. The van der Waals surface area contributed by atoms with Crippen molar-refractivity contribution in [3.8, 4) is 5.75 Å². The lowest BCUT2D eigenvalue weighted by atomic mass is 10.2. The van der Waals surface area contributed by atoms with Gasteiger partial charge in [0.15, 0.2) is 5.75 Å². The number of carbonyl (C=O) groups excluding carboxylic acids is 1. The summed E-state index contributed by atoms with van der Waals surface area (Å²) in [6.45, 7) is 3.88. The van der Waals surface area contributed by atoms with Crippen molar-refractivity contribution < 1.29 is 18.3 Å². The van der Waals surface area contributed by atoms with Crippen LogP contribution < -0.4 is 15.4 Å². The second kappa shape index (κ2) is 10.0. The molecule has 174 valence electrons. The van der Waals surface area contributed by atoms with E-state index in [0.29, 0.717) is 0 Å². The van der Waals surface area contributed by atoms with Crippen molar-refractivity contribution in [1.29, 1.82) is 0 Å². The number of rotatable bonds is 7.